The number of hydrogen-bond acceptors (Lipinski definition) is 3. The lowest BCUT2D eigenvalue weighted by Crippen LogP contribution is -2.25. The second-order valence-electron chi connectivity index (χ2n) is 4.53. The van der Waals surface area contributed by atoms with Crippen LogP contribution in [0, 0.1) is 23.2 Å². The smallest absolute Gasteiger partial charge is 0.309 e. The van der Waals surface area contributed by atoms with Gasteiger partial charge in [-0.25, -0.2) is 0 Å². The summed E-state index contributed by atoms with van der Waals surface area (Å²) in [5.41, 5.74) is 1.63. The molecule has 3 heteroatoms. The molecule has 2 atom stereocenters. The molecule has 0 saturated carbocycles. The van der Waals surface area contributed by atoms with Gasteiger partial charge in [0.25, 0.3) is 0 Å². The largest absolute Gasteiger partial charge is 0.469 e. The molecular formula is C15H19NO2. The Hall–Kier alpha value is -1.82. The summed E-state index contributed by atoms with van der Waals surface area (Å²) >= 11 is 0. The minimum atomic E-state index is -0.174. The Labute approximate surface area is 108 Å². The van der Waals surface area contributed by atoms with Crippen LogP contribution in [0.4, 0.5) is 0 Å². The van der Waals surface area contributed by atoms with Gasteiger partial charge in [-0.2, -0.15) is 5.26 Å². The normalized spacial score (nSPS) is 13.4. The van der Waals surface area contributed by atoms with Gasteiger partial charge < -0.3 is 4.74 Å². The third-order valence-corrected chi connectivity index (χ3v) is 3.35. The number of methoxy groups -OCH3 is 1. The first-order valence-electron chi connectivity index (χ1n) is 6.19. The number of rotatable bonds is 5. The Morgan fingerprint density at radius 1 is 1.50 bits per heavy atom. The van der Waals surface area contributed by atoms with Crippen LogP contribution in [0.2, 0.25) is 0 Å². The minimum absolute atomic E-state index is 0.144. The van der Waals surface area contributed by atoms with E-state index in [1.807, 2.05) is 18.2 Å². The molecule has 1 unspecified atom stereocenters. The van der Waals surface area contributed by atoms with E-state index in [9.17, 15) is 4.79 Å². The van der Waals surface area contributed by atoms with E-state index in [1.54, 1.807) is 6.07 Å². The maximum absolute atomic E-state index is 11.8. The SMILES string of the molecule is CCC(C)[C@@H](Cc1cccc(C#N)c1)C(=O)OC. The maximum atomic E-state index is 11.8. The quantitative estimate of drug-likeness (QED) is 0.749. The van der Waals surface area contributed by atoms with E-state index >= 15 is 0 Å². The molecule has 0 amide bonds. The molecule has 0 aliphatic carbocycles. The lowest BCUT2D eigenvalue weighted by Gasteiger charge is -2.20. The predicted molar refractivity (Wildman–Crippen MR) is 69.8 cm³/mol. The first-order chi connectivity index (χ1) is 8.62. The first-order valence-corrected chi connectivity index (χ1v) is 6.19. The fraction of sp³-hybridized carbons (Fsp3) is 0.467. The van der Waals surface area contributed by atoms with Crippen LogP contribution in [0.5, 0.6) is 0 Å². The monoisotopic (exact) mass is 245 g/mol. The number of ether oxygens (including phenoxy) is 1. The van der Waals surface area contributed by atoms with Gasteiger partial charge in [0.05, 0.1) is 24.7 Å². The number of hydrogen-bond donors (Lipinski definition) is 0. The molecule has 18 heavy (non-hydrogen) atoms. The van der Waals surface area contributed by atoms with E-state index in [-0.39, 0.29) is 17.8 Å². The topological polar surface area (TPSA) is 50.1 Å². The van der Waals surface area contributed by atoms with E-state index in [4.69, 9.17) is 10.00 Å². The Bertz CT molecular complexity index is 448. The van der Waals surface area contributed by atoms with Gasteiger partial charge in [-0.05, 0) is 30.0 Å². The number of nitriles is 1. The number of benzene rings is 1. The Kier molecular flexibility index (Phi) is 5.38. The predicted octanol–water partition coefficient (Wildman–Crippen LogP) is 2.94. The zero-order valence-electron chi connectivity index (χ0n) is 11.1. The first kappa shape index (κ1) is 14.2. The van der Waals surface area contributed by atoms with Crippen molar-refractivity contribution in [1.82, 2.24) is 0 Å². The Morgan fingerprint density at radius 3 is 2.78 bits per heavy atom. The van der Waals surface area contributed by atoms with Crippen LogP contribution in [-0.2, 0) is 16.0 Å². The van der Waals surface area contributed by atoms with E-state index in [1.165, 1.54) is 7.11 Å². The van der Waals surface area contributed by atoms with Crippen LogP contribution in [0.15, 0.2) is 24.3 Å². The van der Waals surface area contributed by atoms with Gasteiger partial charge in [-0.3, -0.25) is 4.79 Å². The van der Waals surface area contributed by atoms with Crippen LogP contribution in [0.3, 0.4) is 0 Å². The highest BCUT2D eigenvalue weighted by atomic mass is 16.5. The van der Waals surface area contributed by atoms with E-state index < -0.39 is 0 Å². The van der Waals surface area contributed by atoms with Crippen molar-refractivity contribution in [2.75, 3.05) is 7.11 Å². The van der Waals surface area contributed by atoms with Crippen LogP contribution >= 0.6 is 0 Å². The molecule has 0 saturated heterocycles. The standard InChI is InChI=1S/C15H19NO2/c1-4-11(2)14(15(17)18-3)9-12-6-5-7-13(8-12)10-16/h5-8,11,14H,4,9H2,1-3H3/t11?,14-/m1/s1. The zero-order chi connectivity index (χ0) is 13.5. The summed E-state index contributed by atoms with van der Waals surface area (Å²) < 4.78 is 4.86. The maximum Gasteiger partial charge on any atom is 0.309 e. The fourth-order valence-electron chi connectivity index (χ4n) is 1.97. The van der Waals surface area contributed by atoms with Crippen LogP contribution in [0.1, 0.15) is 31.4 Å². The van der Waals surface area contributed by atoms with E-state index in [2.05, 4.69) is 19.9 Å². The molecule has 0 bridgehead atoms. The third kappa shape index (κ3) is 3.59. The summed E-state index contributed by atoms with van der Waals surface area (Å²) in [6.07, 6.45) is 1.55. The molecule has 1 aromatic carbocycles. The fourth-order valence-corrected chi connectivity index (χ4v) is 1.97. The van der Waals surface area contributed by atoms with E-state index in [0.29, 0.717) is 12.0 Å². The van der Waals surface area contributed by atoms with Gasteiger partial charge in [-0.15, -0.1) is 0 Å². The molecule has 0 radical (unpaired) electrons. The molecule has 1 rings (SSSR count). The molecular weight excluding hydrogens is 226 g/mol. The molecule has 0 N–H and O–H groups in total. The average Bonchev–Trinajstić information content (AvgIpc) is 2.43. The van der Waals surface area contributed by atoms with Gasteiger partial charge >= 0.3 is 5.97 Å². The van der Waals surface area contributed by atoms with Crippen molar-refractivity contribution >= 4 is 5.97 Å². The summed E-state index contributed by atoms with van der Waals surface area (Å²) in [5, 5.41) is 8.87. The molecule has 0 spiro atoms. The highest BCUT2D eigenvalue weighted by Crippen LogP contribution is 2.22. The number of carbonyl (C=O) groups excluding carboxylic acids is 1. The highest BCUT2D eigenvalue weighted by molar-refractivity contribution is 5.73. The second-order valence-corrected chi connectivity index (χ2v) is 4.53. The summed E-state index contributed by atoms with van der Waals surface area (Å²) in [5.74, 6) is -0.0520. The average molecular weight is 245 g/mol. The van der Waals surface area contributed by atoms with Gasteiger partial charge in [-0.1, -0.05) is 32.4 Å². The molecule has 0 heterocycles. The Balaban J connectivity index is 2.89. The van der Waals surface area contributed by atoms with Crippen molar-refractivity contribution in [2.45, 2.75) is 26.7 Å². The van der Waals surface area contributed by atoms with Gasteiger partial charge in [0.1, 0.15) is 0 Å². The van der Waals surface area contributed by atoms with Gasteiger partial charge in [0, 0.05) is 0 Å². The Morgan fingerprint density at radius 2 is 2.22 bits per heavy atom. The third-order valence-electron chi connectivity index (χ3n) is 3.35. The van der Waals surface area contributed by atoms with Crippen molar-refractivity contribution in [2.24, 2.45) is 11.8 Å². The van der Waals surface area contributed by atoms with Crippen molar-refractivity contribution in [3.8, 4) is 6.07 Å². The molecule has 1 aromatic rings. The van der Waals surface area contributed by atoms with E-state index in [0.717, 1.165) is 12.0 Å². The summed E-state index contributed by atoms with van der Waals surface area (Å²) in [6, 6.07) is 9.50. The zero-order valence-corrected chi connectivity index (χ0v) is 11.1. The number of nitrogens with zero attached hydrogens (tertiary/aromatic N) is 1. The van der Waals surface area contributed by atoms with Crippen LogP contribution in [-0.4, -0.2) is 13.1 Å². The molecule has 96 valence electrons. The van der Waals surface area contributed by atoms with Crippen molar-refractivity contribution < 1.29 is 9.53 Å². The summed E-state index contributed by atoms with van der Waals surface area (Å²) in [6.45, 7) is 4.11. The number of esters is 1. The van der Waals surface area contributed by atoms with Crippen LogP contribution in [0.25, 0.3) is 0 Å². The molecule has 0 aromatic heterocycles. The lowest BCUT2D eigenvalue weighted by molar-refractivity contribution is -0.147. The number of carbonyl (C=O) groups is 1. The van der Waals surface area contributed by atoms with Gasteiger partial charge in [0.2, 0.25) is 0 Å². The molecule has 0 aliphatic rings. The lowest BCUT2D eigenvalue weighted by atomic mass is 9.86. The second kappa shape index (κ2) is 6.80. The van der Waals surface area contributed by atoms with Gasteiger partial charge in [0.15, 0.2) is 0 Å². The van der Waals surface area contributed by atoms with Crippen molar-refractivity contribution in [3.63, 3.8) is 0 Å². The highest BCUT2D eigenvalue weighted by Gasteiger charge is 2.25. The van der Waals surface area contributed by atoms with Crippen molar-refractivity contribution in [1.29, 1.82) is 5.26 Å². The minimum Gasteiger partial charge on any atom is -0.469 e. The van der Waals surface area contributed by atoms with Crippen LogP contribution < -0.4 is 0 Å². The molecule has 0 fully saturated rings. The van der Waals surface area contributed by atoms with Crippen molar-refractivity contribution in [3.05, 3.63) is 35.4 Å². The molecule has 3 nitrogen and oxygen atoms in total. The molecule has 0 aliphatic heterocycles. The summed E-state index contributed by atoms with van der Waals surface area (Å²) in [7, 11) is 1.42. The summed E-state index contributed by atoms with van der Waals surface area (Å²) in [4.78, 5) is 11.8.